The number of alkyl halides is 1. The van der Waals surface area contributed by atoms with Crippen LogP contribution in [0.15, 0.2) is 18.2 Å². The Labute approximate surface area is 103 Å². The van der Waals surface area contributed by atoms with Crippen LogP contribution < -0.4 is 0 Å². The lowest BCUT2D eigenvalue weighted by Crippen LogP contribution is -2.10. The van der Waals surface area contributed by atoms with Gasteiger partial charge in [0.1, 0.15) is 5.82 Å². The van der Waals surface area contributed by atoms with Gasteiger partial charge in [0.05, 0.1) is 5.02 Å². The molecule has 2 rings (SSSR count). The minimum absolute atomic E-state index is 0.295. The summed E-state index contributed by atoms with van der Waals surface area (Å²) in [6, 6.07) is 5.06. The first-order valence-corrected chi connectivity index (χ1v) is 6.55. The van der Waals surface area contributed by atoms with Crippen LogP contribution in [0.25, 0.3) is 0 Å². The van der Waals surface area contributed by atoms with E-state index in [9.17, 15) is 4.39 Å². The first kappa shape index (κ1) is 11.4. The fraction of sp³-hybridized carbons (Fsp3) is 0.500. The topological polar surface area (TPSA) is 0 Å². The Morgan fingerprint density at radius 3 is 2.87 bits per heavy atom. The lowest BCUT2D eigenvalue weighted by Gasteiger charge is -2.14. The van der Waals surface area contributed by atoms with Crippen LogP contribution in [0.4, 0.5) is 4.39 Å². The molecule has 2 unspecified atom stereocenters. The van der Waals surface area contributed by atoms with Gasteiger partial charge in [-0.3, -0.25) is 0 Å². The molecule has 1 aromatic carbocycles. The quantitative estimate of drug-likeness (QED) is 0.699. The first-order valence-electron chi connectivity index (χ1n) is 5.25. The highest BCUT2D eigenvalue weighted by molar-refractivity contribution is 9.09. The fourth-order valence-electron chi connectivity index (χ4n) is 2.21. The molecule has 1 aliphatic rings. The van der Waals surface area contributed by atoms with Crippen LogP contribution in [0, 0.1) is 11.7 Å². The Morgan fingerprint density at radius 1 is 1.40 bits per heavy atom. The Hall–Kier alpha value is -0.0800. The van der Waals surface area contributed by atoms with Gasteiger partial charge in [0.15, 0.2) is 0 Å². The van der Waals surface area contributed by atoms with Gasteiger partial charge in [-0.2, -0.15) is 0 Å². The van der Waals surface area contributed by atoms with Crippen molar-refractivity contribution in [2.24, 2.45) is 5.92 Å². The van der Waals surface area contributed by atoms with E-state index in [-0.39, 0.29) is 5.82 Å². The summed E-state index contributed by atoms with van der Waals surface area (Å²) in [5.74, 6) is 0.294. The van der Waals surface area contributed by atoms with Crippen molar-refractivity contribution in [1.29, 1.82) is 0 Å². The zero-order valence-electron chi connectivity index (χ0n) is 8.35. The summed E-state index contributed by atoms with van der Waals surface area (Å²) in [4.78, 5) is 0.567. The summed E-state index contributed by atoms with van der Waals surface area (Å²) in [5.41, 5.74) is 0.938. The molecular formula is C12H13BrClF. The Balaban J connectivity index is 2.13. The maximum atomic E-state index is 13.2. The van der Waals surface area contributed by atoms with Gasteiger partial charge in [-0.05, 0) is 36.8 Å². The smallest absolute Gasteiger partial charge is 0.142 e. The average Bonchev–Trinajstić information content (AvgIpc) is 2.60. The number of halogens is 3. The highest BCUT2D eigenvalue weighted by atomic mass is 79.9. The lowest BCUT2D eigenvalue weighted by atomic mass is 9.98. The Bertz CT molecular complexity index is 353. The normalized spacial score (nSPS) is 25.8. The van der Waals surface area contributed by atoms with Crippen LogP contribution in [0.1, 0.15) is 24.8 Å². The van der Waals surface area contributed by atoms with E-state index in [2.05, 4.69) is 15.9 Å². The van der Waals surface area contributed by atoms with Crippen LogP contribution in [0.5, 0.6) is 0 Å². The second kappa shape index (κ2) is 4.84. The van der Waals surface area contributed by atoms with Crippen molar-refractivity contribution in [3.8, 4) is 0 Å². The van der Waals surface area contributed by atoms with Gasteiger partial charge in [0, 0.05) is 4.83 Å². The molecule has 0 spiro atoms. The van der Waals surface area contributed by atoms with E-state index in [1.807, 2.05) is 6.07 Å². The molecule has 2 atom stereocenters. The molecule has 0 N–H and O–H groups in total. The van der Waals surface area contributed by atoms with Crippen molar-refractivity contribution in [3.05, 3.63) is 34.6 Å². The van der Waals surface area contributed by atoms with E-state index in [1.165, 1.54) is 25.3 Å². The summed E-state index contributed by atoms with van der Waals surface area (Å²) in [5, 5.41) is 0.295. The number of hydrogen-bond acceptors (Lipinski definition) is 0. The number of rotatable bonds is 2. The van der Waals surface area contributed by atoms with Crippen LogP contribution in [-0.4, -0.2) is 4.83 Å². The maximum Gasteiger partial charge on any atom is 0.142 e. The van der Waals surface area contributed by atoms with Crippen LogP contribution in [0.2, 0.25) is 5.02 Å². The summed E-state index contributed by atoms with van der Waals surface area (Å²) in [7, 11) is 0. The summed E-state index contributed by atoms with van der Waals surface area (Å²) in [6.45, 7) is 0. The molecule has 0 amide bonds. The zero-order valence-corrected chi connectivity index (χ0v) is 10.7. The minimum Gasteiger partial charge on any atom is -0.205 e. The molecule has 1 fully saturated rings. The van der Waals surface area contributed by atoms with Crippen molar-refractivity contribution >= 4 is 27.5 Å². The van der Waals surface area contributed by atoms with Crippen molar-refractivity contribution in [3.63, 3.8) is 0 Å². The molecule has 3 heteroatoms. The van der Waals surface area contributed by atoms with Crippen LogP contribution in [-0.2, 0) is 6.42 Å². The van der Waals surface area contributed by atoms with E-state index >= 15 is 0 Å². The standard InChI is InChI=1S/C12H13BrClF/c13-10-5-1-3-8(10)7-9-4-2-6-11(15)12(9)14/h2,4,6,8,10H,1,3,5,7H2. The highest BCUT2D eigenvalue weighted by Gasteiger charge is 2.25. The minimum atomic E-state index is -0.307. The summed E-state index contributed by atoms with van der Waals surface area (Å²) < 4.78 is 13.2. The van der Waals surface area contributed by atoms with Gasteiger partial charge in [-0.15, -0.1) is 0 Å². The second-order valence-corrected chi connectivity index (χ2v) is 5.68. The molecule has 0 heterocycles. The molecule has 0 radical (unpaired) electrons. The first-order chi connectivity index (χ1) is 7.18. The van der Waals surface area contributed by atoms with Crippen LogP contribution in [0.3, 0.4) is 0 Å². The number of benzene rings is 1. The predicted octanol–water partition coefficient (Wildman–Crippen LogP) is 4.59. The molecule has 0 aromatic heterocycles. The molecule has 82 valence electrons. The molecule has 0 saturated heterocycles. The van der Waals surface area contributed by atoms with Gasteiger partial charge < -0.3 is 0 Å². The predicted molar refractivity (Wildman–Crippen MR) is 65.2 cm³/mol. The molecule has 1 aliphatic carbocycles. The highest BCUT2D eigenvalue weighted by Crippen LogP contribution is 2.35. The largest absolute Gasteiger partial charge is 0.205 e. The van der Waals surface area contributed by atoms with Crippen molar-refractivity contribution in [2.75, 3.05) is 0 Å². The van der Waals surface area contributed by atoms with Crippen molar-refractivity contribution < 1.29 is 4.39 Å². The Kier molecular flexibility index (Phi) is 3.68. The second-order valence-electron chi connectivity index (χ2n) is 4.12. The van der Waals surface area contributed by atoms with E-state index in [0.717, 1.165) is 12.0 Å². The molecule has 1 aromatic rings. The molecule has 0 nitrogen and oxygen atoms in total. The molecule has 1 saturated carbocycles. The van der Waals surface area contributed by atoms with Crippen molar-refractivity contribution in [2.45, 2.75) is 30.5 Å². The fourth-order valence-corrected chi connectivity index (χ4v) is 3.19. The molecule has 0 bridgehead atoms. The molecule has 15 heavy (non-hydrogen) atoms. The molecular weight excluding hydrogens is 278 g/mol. The van der Waals surface area contributed by atoms with Gasteiger partial charge in [0.2, 0.25) is 0 Å². The van der Waals surface area contributed by atoms with Gasteiger partial charge in [-0.1, -0.05) is 46.1 Å². The summed E-state index contributed by atoms with van der Waals surface area (Å²) in [6.07, 6.45) is 4.57. The van der Waals surface area contributed by atoms with Gasteiger partial charge in [0.25, 0.3) is 0 Å². The van der Waals surface area contributed by atoms with E-state index < -0.39 is 0 Å². The van der Waals surface area contributed by atoms with E-state index in [1.54, 1.807) is 6.07 Å². The third-order valence-corrected chi connectivity index (χ3v) is 4.71. The maximum absolute atomic E-state index is 13.2. The average molecular weight is 292 g/mol. The number of hydrogen-bond donors (Lipinski definition) is 0. The Morgan fingerprint density at radius 2 is 2.20 bits per heavy atom. The van der Waals surface area contributed by atoms with E-state index in [4.69, 9.17) is 11.6 Å². The summed E-state index contributed by atoms with van der Waals surface area (Å²) >= 11 is 9.60. The van der Waals surface area contributed by atoms with Crippen LogP contribution >= 0.6 is 27.5 Å². The van der Waals surface area contributed by atoms with Crippen molar-refractivity contribution in [1.82, 2.24) is 0 Å². The van der Waals surface area contributed by atoms with E-state index in [0.29, 0.717) is 15.8 Å². The molecule has 0 aliphatic heterocycles. The van der Waals surface area contributed by atoms with Gasteiger partial charge in [-0.25, -0.2) is 4.39 Å². The lowest BCUT2D eigenvalue weighted by molar-refractivity contribution is 0.558. The third kappa shape index (κ3) is 2.54. The SMILES string of the molecule is Fc1cccc(CC2CCCC2Br)c1Cl. The van der Waals surface area contributed by atoms with Gasteiger partial charge >= 0.3 is 0 Å². The third-order valence-electron chi connectivity index (χ3n) is 3.08. The zero-order chi connectivity index (χ0) is 10.8. The monoisotopic (exact) mass is 290 g/mol.